The first-order chi connectivity index (χ1) is 9.77. The molecule has 120 valence electrons. The zero-order chi connectivity index (χ0) is 16.0. The van der Waals surface area contributed by atoms with Crippen LogP contribution in [0.1, 0.15) is 20.3 Å². The van der Waals surface area contributed by atoms with Gasteiger partial charge in [-0.1, -0.05) is 0 Å². The molecule has 0 aliphatic rings. The molecule has 0 heterocycles. The Morgan fingerprint density at radius 3 is 2.62 bits per heavy atom. The van der Waals surface area contributed by atoms with Crippen molar-refractivity contribution in [2.75, 3.05) is 33.0 Å². The Morgan fingerprint density at radius 2 is 2.05 bits per heavy atom. The summed E-state index contributed by atoms with van der Waals surface area (Å²) in [6.45, 7) is 5.42. The number of methoxy groups -OCH3 is 1. The van der Waals surface area contributed by atoms with Gasteiger partial charge in [-0.3, -0.25) is 0 Å². The summed E-state index contributed by atoms with van der Waals surface area (Å²) in [5.41, 5.74) is 6.09. The molecule has 0 spiro atoms. The number of nitrogens with zero attached hydrogens (tertiary/aromatic N) is 1. The second kappa shape index (κ2) is 7.63. The van der Waals surface area contributed by atoms with E-state index in [9.17, 15) is 8.42 Å². The maximum absolute atomic E-state index is 12.3. The first-order valence-electron chi connectivity index (χ1n) is 6.91. The highest BCUT2D eigenvalue weighted by molar-refractivity contribution is 7.89. The van der Waals surface area contributed by atoms with Gasteiger partial charge in [0.1, 0.15) is 10.6 Å². The third-order valence-corrected chi connectivity index (χ3v) is 4.84. The van der Waals surface area contributed by atoms with Crippen LogP contribution in [-0.2, 0) is 10.0 Å². The van der Waals surface area contributed by atoms with Crippen molar-refractivity contribution in [1.29, 1.82) is 0 Å². The van der Waals surface area contributed by atoms with E-state index in [0.717, 1.165) is 13.0 Å². The molecule has 1 rings (SSSR count). The van der Waals surface area contributed by atoms with E-state index >= 15 is 0 Å². The van der Waals surface area contributed by atoms with E-state index in [2.05, 4.69) is 23.5 Å². The van der Waals surface area contributed by atoms with Crippen LogP contribution in [0.4, 0.5) is 5.69 Å². The van der Waals surface area contributed by atoms with Crippen LogP contribution < -0.4 is 15.2 Å². The zero-order valence-electron chi connectivity index (χ0n) is 13.1. The van der Waals surface area contributed by atoms with Crippen LogP contribution in [0.2, 0.25) is 0 Å². The first kappa shape index (κ1) is 17.7. The monoisotopic (exact) mass is 315 g/mol. The molecule has 0 fully saturated rings. The molecular weight excluding hydrogens is 290 g/mol. The van der Waals surface area contributed by atoms with Gasteiger partial charge in [-0.05, 0) is 46.0 Å². The van der Waals surface area contributed by atoms with Gasteiger partial charge < -0.3 is 15.4 Å². The molecule has 3 N–H and O–H groups in total. The van der Waals surface area contributed by atoms with Gasteiger partial charge in [-0.2, -0.15) is 0 Å². The first-order valence-corrected chi connectivity index (χ1v) is 8.39. The number of nitrogen functional groups attached to an aromatic ring is 1. The van der Waals surface area contributed by atoms with Crippen molar-refractivity contribution in [1.82, 2.24) is 9.62 Å². The number of hydrogen-bond acceptors (Lipinski definition) is 5. The number of benzene rings is 1. The Morgan fingerprint density at radius 1 is 1.38 bits per heavy atom. The highest BCUT2D eigenvalue weighted by Gasteiger charge is 2.19. The average molecular weight is 315 g/mol. The van der Waals surface area contributed by atoms with Crippen molar-refractivity contribution in [2.24, 2.45) is 0 Å². The normalized spacial score (nSPS) is 12.1. The number of nitrogens with two attached hydrogens (primary N) is 1. The second-order valence-corrected chi connectivity index (χ2v) is 6.97. The fraction of sp³-hybridized carbons (Fsp3) is 0.571. The standard InChI is InChI=1S/C14H25N3O3S/c1-11(2)17(3)9-5-8-16-21(18,19)14-7-6-12(15)10-13(14)20-4/h6-7,10-11,16H,5,8-9,15H2,1-4H3. The van der Waals surface area contributed by atoms with Crippen LogP contribution in [-0.4, -0.2) is 46.6 Å². The number of anilines is 1. The largest absolute Gasteiger partial charge is 0.495 e. The SMILES string of the molecule is COc1cc(N)ccc1S(=O)(=O)NCCCN(C)C(C)C. The lowest BCUT2D eigenvalue weighted by Crippen LogP contribution is -2.31. The molecule has 1 aromatic rings. The highest BCUT2D eigenvalue weighted by Crippen LogP contribution is 2.25. The van der Waals surface area contributed by atoms with Crippen LogP contribution in [0, 0.1) is 0 Å². The van der Waals surface area contributed by atoms with Gasteiger partial charge in [-0.25, -0.2) is 13.1 Å². The molecule has 0 aliphatic carbocycles. The van der Waals surface area contributed by atoms with E-state index < -0.39 is 10.0 Å². The number of nitrogens with one attached hydrogen (secondary N) is 1. The van der Waals surface area contributed by atoms with Crippen LogP contribution in [0.25, 0.3) is 0 Å². The van der Waals surface area contributed by atoms with Crippen molar-refractivity contribution in [3.05, 3.63) is 18.2 Å². The Hall–Kier alpha value is -1.31. The molecule has 0 saturated carbocycles. The van der Waals surface area contributed by atoms with Gasteiger partial charge in [0.2, 0.25) is 10.0 Å². The van der Waals surface area contributed by atoms with Crippen molar-refractivity contribution >= 4 is 15.7 Å². The van der Waals surface area contributed by atoms with E-state index in [-0.39, 0.29) is 10.6 Å². The van der Waals surface area contributed by atoms with Crippen LogP contribution in [0.3, 0.4) is 0 Å². The van der Waals surface area contributed by atoms with Gasteiger partial charge in [0, 0.05) is 24.3 Å². The summed E-state index contributed by atoms with van der Waals surface area (Å²) in [7, 11) is -0.149. The maximum atomic E-state index is 12.3. The van der Waals surface area contributed by atoms with Crippen molar-refractivity contribution in [3.63, 3.8) is 0 Å². The zero-order valence-corrected chi connectivity index (χ0v) is 13.9. The average Bonchev–Trinajstić information content (AvgIpc) is 2.42. The molecule has 0 atom stereocenters. The van der Waals surface area contributed by atoms with Crippen LogP contribution in [0.5, 0.6) is 5.75 Å². The third-order valence-electron chi connectivity index (χ3n) is 3.34. The number of rotatable bonds is 8. The van der Waals surface area contributed by atoms with Gasteiger partial charge in [0.05, 0.1) is 7.11 Å². The van der Waals surface area contributed by atoms with E-state index in [4.69, 9.17) is 10.5 Å². The predicted octanol–water partition coefficient (Wildman–Crippen LogP) is 1.29. The van der Waals surface area contributed by atoms with Gasteiger partial charge in [0.15, 0.2) is 0 Å². The summed E-state index contributed by atoms with van der Waals surface area (Å²) in [6.07, 6.45) is 0.741. The molecule has 0 radical (unpaired) electrons. The van der Waals surface area contributed by atoms with E-state index in [1.165, 1.54) is 19.2 Å². The molecule has 0 unspecified atom stereocenters. The Balaban J connectivity index is 2.66. The number of hydrogen-bond donors (Lipinski definition) is 2. The molecule has 0 saturated heterocycles. The third kappa shape index (κ3) is 5.18. The molecule has 0 amide bonds. The van der Waals surface area contributed by atoms with Gasteiger partial charge >= 0.3 is 0 Å². The molecule has 0 aromatic heterocycles. The minimum atomic E-state index is -3.59. The smallest absolute Gasteiger partial charge is 0.244 e. The van der Waals surface area contributed by atoms with Gasteiger partial charge in [0.25, 0.3) is 0 Å². The summed E-state index contributed by atoms with van der Waals surface area (Å²) in [4.78, 5) is 2.27. The topological polar surface area (TPSA) is 84.7 Å². The summed E-state index contributed by atoms with van der Waals surface area (Å²) in [5.74, 6) is 0.252. The quantitative estimate of drug-likeness (QED) is 0.558. The molecule has 6 nitrogen and oxygen atoms in total. The lowest BCUT2D eigenvalue weighted by Gasteiger charge is -2.20. The fourth-order valence-electron chi connectivity index (χ4n) is 1.78. The van der Waals surface area contributed by atoms with Crippen LogP contribution in [0.15, 0.2) is 23.1 Å². The van der Waals surface area contributed by atoms with Gasteiger partial charge in [-0.15, -0.1) is 0 Å². The molecule has 0 bridgehead atoms. The minimum Gasteiger partial charge on any atom is -0.495 e. The Labute approximate surface area is 127 Å². The lowest BCUT2D eigenvalue weighted by molar-refractivity contribution is 0.271. The second-order valence-electron chi connectivity index (χ2n) is 5.24. The fourth-order valence-corrected chi connectivity index (χ4v) is 3.00. The highest BCUT2D eigenvalue weighted by atomic mass is 32.2. The van der Waals surface area contributed by atoms with E-state index in [0.29, 0.717) is 18.3 Å². The molecule has 1 aromatic carbocycles. The minimum absolute atomic E-state index is 0.108. The number of sulfonamides is 1. The Bertz CT molecular complexity index is 559. The van der Waals surface area contributed by atoms with Crippen molar-refractivity contribution in [2.45, 2.75) is 31.2 Å². The van der Waals surface area contributed by atoms with Crippen molar-refractivity contribution in [3.8, 4) is 5.75 Å². The summed E-state index contributed by atoms with van der Waals surface area (Å²) in [6, 6.07) is 4.94. The summed E-state index contributed by atoms with van der Waals surface area (Å²) < 4.78 is 32.2. The molecule has 21 heavy (non-hydrogen) atoms. The predicted molar refractivity (Wildman–Crippen MR) is 85.0 cm³/mol. The lowest BCUT2D eigenvalue weighted by atomic mass is 10.3. The summed E-state index contributed by atoms with van der Waals surface area (Å²) >= 11 is 0. The van der Waals surface area contributed by atoms with Crippen molar-refractivity contribution < 1.29 is 13.2 Å². The summed E-state index contributed by atoms with van der Waals surface area (Å²) in [5, 5.41) is 0. The maximum Gasteiger partial charge on any atom is 0.244 e. The van der Waals surface area contributed by atoms with Crippen LogP contribution >= 0.6 is 0 Å². The molecule has 0 aliphatic heterocycles. The van der Waals surface area contributed by atoms with E-state index in [1.54, 1.807) is 6.07 Å². The van der Waals surface area contributed by atoms with E-state index in [1.807, 2.05) is 7.05 Å². The molecular formula is C14H25N3O3S. The Kier molecular flexibility index (Phi) is 6.44. The number of ether oxygens (including phenoxy) is 1. The molecule has 7 heteroatoms.